The molecule has 0 saturated heterocycles. The number of ether oxygens (including phenoxy) is 2. The van der Waals surface area contributed by atoms with Crippen LogP contribution in [0.15, 0.2) is 108 Å². The SMILES string of the molecule is COc1ccc(/C=C(/NC(=O)c2ccccc2)C(=O)Nc2cccc(SC(C)C(=O)Nc3ccc([N+](=O)[O-])cc3)c2)c(OC)c1. The van der Waals surface area contributed by atoms with Crippen LogP contribution in [0.2, 0.25) is 0 Å². The summed E-state index contributed by atoms with van der Waals surface area (Å²) in [5.41, 5.74) is 1.68. The Labute approximate surface area is 263 Å². The minimum atomic E-state index is -0.580. The number of carbonyl (C=O) groups is 3. The summed E-state index contributed by atoms with van der Waals surface area (Å²) in [6, 6.07) is 26.1. The molecular formula is C33H30N4O7S. The molecule has 45 heavy (non-hydrogen) atoms. The minimum absolute atomic E-state index is 0.0266. The van der Waals surface area contributed by atoms with Gasteiger partial charge in [-0.05, 0) is 67.6 Å². The van der Waals surface area contributed by atoms with Gasteiger partial charge < -0.3 is 25.4 Å². The van der Waals surface area contributed by atoms with Crippen LogP contribution in [0, 0.1) is 10.1 Å². The lowest BCUT2D eigenvalue weighted by atomic mass is 10.1. The summed E-state index contributed by atoms with van der Waals surface area (Å²) in [6.45, 7) is 1.72. The summed E-state index contributed by atoms with van der Waals surface area (Å²) < 4.78 is 10.7. The van der Waals surface area contributed by atoms with E-state index in [2.05, 4.69) is 16.0 Å². The molecule has 1 unspecified atom stereocenters. The second-order valence-electron chi connectivity index (χ2n) is 9.52. The topological polar surface area (TPSA) is 149 Å². The van der Waals surface area contributed by atoms with Gasteiger partial charge in [-0.3, -0.25) is 24.5 Å². The molecule has 3 amide bonds. The first-order valence-corrected chi connectivity index (χ1v) is 14.5. The average Bonchev–Trinajstić information content (AvgIpc) is 3.05. The van der Waals surface area contributed by atoms with Crippen molar-refractivity contribution in [1.82, 2.24) is 5.32 Å². The highest BCUT2D eigenvalue weighted by Gasteiger charge is 2.18. The van der Waals surface area contributed by atoms with Crippen molar-refractivity contribution >= 4 is 52.6 Å². The van der Waals surface area contributed by atoms with Gasteiger partial charge in [-0.15, -0.1) is 11.8 Å². The molecule has 11 nitrogen and oxygen atoms in total. The largest absolute Gasteiger partial charge is 0.497 e. The maximum atomic E-state index is 13.5. The van der Waals surface area contributed by atoms with Gasteiger partial charge in [-0.1, -0.05) is 24.3 Å². The first kappa shape index (κ1) is 32.3. The Morgan fingerprint density at radius 1 is 0.844 bits per heavy atom. The lowest BCUT2D eigenvalue weighted by Crippen LogP contribution is -2.30. The Balaban J connectivity index is 1.51. The number of anilines is 2. The summed E-state index contributed by atoms with van der Waals surface area (Å²) in [7, 11) is 3.02. The van der Waals surface area contributed by atoms with E-state index in [1.54, 1.807) is 79.7 Å². The number of non-ortho nitro benzene ring substituents is 1. The molecule has 4 aromatic carbocycles. The van der Waals surface area contributed by atoms with Gasteiger partial charge in [0, 0.05) is 45.6 Å². The molecule has 230 valence electrons. The second kappa shape index (κ2) is 15.2. The van der Waals surface area contributed by atoms with Crippen LogP contribution in [0.25, 0.3) is 6.08 Å². The fourth-order valence-corrected chi connectivity index (χ4v) is 4.98. The highest BCUT2D eigenvalue weighted by atomic mass is 32.2. The van der Waals surface area contributed by atoms with Crippen LogP contribution in [0.5, 0.6) is 11.5 Å². The lowest BCUT2D eigenvalue weighted by molar-refractivity contribution is -0.384. The van der Waals surface area contributed by atoms with Crippen LogP contribution in [0.1, 0.15) is 22.8 Å². The number of thioether (sulfide) groups is 1. The molecule has 0 aliphatic carbocycles. The van der Waals surface area contributed by atoms with Crippen LogP contribution in [0.4, 0.5) is 17.1 Å². The number of hydrogen-bond acceptors (Lipinski definition) is 8. The van der Waals surface area contributed by atoms with Gasteiger partial charge in [0.1, 0.15) is 17.2 Å². The van der Waals surface area contributed by atoms with E-state index in [0.29, 0.717) is 38.9 Å². The maximum absolute atomic E-state index is 13.5. The number of nitrogens with one attached hydrogen (secondary N) is 3. The number of carbonyl (C=O) groups excluding carboxylic acids is 3. The van der Waals surface area contributed by atoms with E-state index in [0.717, 1.165) is 0 Å². The number of nitro groups is 1. The van der Waals surface area contributed by atoms with Crippen molar-refractivity contribution in [2.75, 3.05) is 24.9 Å². The number of benzene rings is 4. The fraction of sp³-hybridized carbons (Fsp3) is 0.121. The molecule has 12 heteroatoms. The van der Waals surface area contributed by atoms with E-state index >= 15 is 0 Å². The lowest BCUT2D eigenvalue weighted by Gasteiger charge is -2.15. The van der Waals surface area contributed by atoms with Gasteiger partial charge in [-0.2, -0.15) is 0 Å². The Morgan fingerprint density at radius 2 is 1.58 bits per heavy atom. The van der Waals surface area contributed by atoms with Gasteiger partial charge in [0.05, 0.1) is 24.4 Å². The van der Waals surface area contributed by atoms with E-state index in [1.807, 2.05) is 0 Å². The molecule has 0 bridgehead atoms. The predicted octanol–water partition coefficient (Wildman–Crippen LogP) is 6.14. The summed E-state index contributed by atoms with van der Waals surface area (Å²) >= 11 is 1.26. The van der Waals surface area contributed by atoms with Crippen molar-refractivity contribution in [3.05, 3.63) is 124 Å². The zero-order chi connectivity index (χ0) is 32.3. The van der Waals surface area contributed by atoms with Crippen molar-refractivity contribution < 1.29 is 28.8 Å². The summed E-state index contributed by atoms with van der Waals surface area (Å²) in [6.07, 6.45) is 1.51. The van der Waals surface area contributed by atoms with Gasteiger partial charge in [0.25, 0.3) is 17.5 Å². The number of methoxy groups -OCH3 is 2. The first-order valence-electron chi connectivity index (χ1n) is 13.6. The summed E-state index contributed by atoms with van der Waals surface area (Å²) in [4.78, 5) is 50.4. The third-order valence-electron chi connectivity index (χ3n) is 6.39. The number of rotatable bonds is 12. The molecule has 4 rings (SSSR count). The van der Waals surface area contributed by atoms with Crippen LogP contribution in [-0.4, -0.2) is 42.1 Å². The zero-order valence-corrected chi connectivity index (χ0v) is 25.4. The van der Waals surface area contributed by atoms with E-state index in [4.69, 9.17) is 9.47 Å². The van der Waals surface area contributed by atoms with Gasteiger partial charge in [-0.25, -0.2) is 0 Å². The summed E-state index contributed by atoms with van der Waals surface area (Å²) in [5.74, 6) is -0.350. The molecule has 0 aliphatic rings. The number of hydrogen-bond donors (Lipinski definition) is 3. The molecule has 0 radical (unpaired) electrons. The smallest absolute Gasteiger partial charge is 0.272 e. The van der Waals surface area contributed by atoms with E-state index in [1.165, 1.54) is 56.3 Å². The summed E-state index contributed by atoms with van der Waals surface area (Å²) in [5, 5.41) is 18.6. The van der Waals surface area contributed by atoms with Crippen LogP contribution in [0.3, 0.4) is 0 Å². The van der Waals surface area contributed by atoms with E-state index in [-0.39, 0.29) is 17.3 Å². The fourth-order valence-electron chi connectivity index (χ4n) is 4.05. The number of nitrogens with zero attached hydrogens (tertiary/aromatic N) is 1. The third kappa shape index (κ3) is 8.94. The van der Waals surface area contributed by atoms with Crippen molar-refractivity contribution in [3.63, 3.8) is 0 Å². The predicted molar refractivity (Wildman–Crippen MR) is 174 cm³/mol. The quantitative estimate of drug-likeness (QED) is 0.0735. The molecule has 4 aromatic rings. The minimum Gasteiger partial charge on any atom is -0.497 e. The molecule has 0 saturated carbocycles. The molecule has 0 aliphatic heterocycles. The monoisotopic (exact) mass is 626 g/mol. The Kier molecular flexibility index (Phi) is 10.9. The highest BCUT2D eigenvalue weighted by molar-refractivity contribution is 8.00. The van der Waals surface area contributed by atoms with Crippen LogP contribution in [-0.2, 0) is 9.59 Å². The van der Waals surface area contributed by atoms with E-state index in [9.17, 15) is 24.5 Å². The highest BCUT2D eigenvalue weighted by Crippen LogP contribution is 2.29. The van der Waals surface area contributed by atoms with E-state index < -0.39 is 22.0 Å². The van der Waals surface area contributed by atoms with Gasteiger partial charge >= 0.3 is 0 Å². The number of amides is 3. The molecule has 0 aromatic heterocycles. The maximum Gasteiger partial charge on any atom is 0.272 e. The molecule has 0 fully saturated rings. The third-order valence-corrected chi connectivity index (χ3v) is 7.48. The van der Waals surface area contributed by atoms with Crippen molar-refractivity contribution in [3.8, 4) is 11.5 Å². The van der Waals surface area contributed by atoms with Crippen molar-refractivity contribution in [2.24, 2.45) is 0 Å². The Hall–Kier alpha value is -5.62. The molecule has 1 atom stereocenters. The zero-order valence-electron chi connectivity index (χ0n) is 24.6. The molecule has 0 heterocycles. The van der Waals surface area contributed by atoms with Crippen LogP contribution < -0.4 is 25.4 Å². The van der Waals surface area contributed by atoms with Gasteiger partial charge in [0.2, 0.25) is 5.91 Å². The van der Waals surface area contributed by atoms with Crippen molar-refractivity contribution in [2.45, 2.75) is 17.1 Å². The molecule has 3 N–H and O–H groups in total. The molecular weight excluding hydrogens is 596 g/mol. The van der Waals surface area contributed by atoms with Crippen LogP contribution >= 0.6 is 11.8 Å². The number of nitro benzene ring substituents is 1. The van der Waals surface area contributed by atoms with Crippen molar-refractivity contribution in [1.29, 1.82) is 0 Å². The van der Waals surface area contributed by atoms with Gasteiger partial charge in [0.15, 0.2) is 0 Å². The normalized spacial score (nSPS) is 11.6. The second-order valence-corrected chi connectivity index (χ2v) is 10.9. The standard InChI is InChI=1S/C33H30N4O7S/c1-21(31(38)34-24-13-15-26(16-14-24)37(41)42)45-28-11-7-10-25(19-28)35-33(40)29(36-32(39)22-8-5-4-6-9-22)18-23-12-17-27(43-2)20-30(23)44-3/h4-21H,1-3H3,(H,34,38)(H,35,40)(H,36,39)/b29-18+. The Morgan fingerprint density at radius 3 is 2.24 bits per heavy atom. The Bertz CT molecular complexity index is 1730. The first-order chi connectivity index (χ1) is 21.7. The molecule has 0 spiro atoms. The average molecular weight is 627 g/mol.